The van der Waals surface area contributed by atoms with Gasteiger partial charge in [-0.3, -0.25) is 0 Å². The molecule has 0 spiro atoms. The van der Waals surface area contributed by atoms with Gasteiger partial charge >= 0.3 is 0 Å². The molecule has 15 heavy (non-hydrogen) atoms. The summed E-state index contributed by atoms with van der Waals surface area (Å²) < 4.78 is 0. The quantitative estimate of drug-likeness (QED) is 0.741. The van der Waals surface area contributed by atoms with Crippen molar-refractivity contribution in [3.05, 3.63) is 48.0 Å². The van der Waals surface area contributed by atoms with Gasteiger partial charge in [0, 0.05) is 5.56 Å². The minimum absolute atomic E-state index is 0.218. The van der Waals surface area contributed by atoms with Crippen molar-refractivity contribution < 1.29 is 10.2 Å². The molecule has 1 radical (unpaired) electrons. The second-order valence-electron chi connectivity index (χ2n) is 3.41. The number of phenolic OH excluding ortho intramolecular Hbond substituents is 2. The van der Waals surface area contributed by atoms with E-state index in [0.29, 0.717) is 0 Å². The Balaban J connectivity index is 2.58. The Morgan fingerprint density at radius 3 is 2.27 bits per heavy atom. The molecule has 0 aliphatic heterocycles. The molecule has 2 rings (SSSR count). The van der Waals surface area contributed by atoms with Crippen molar-refractivity contribution in [3.8, 4) is 22.6 Å². The van der Waals surface area contributed by atoms with Crippen molar-refractivity contribution in [1.82, 2.24) is 0 Å². The van der Waals surface area contributed by atoms with E-state index >= 15 is 0 Å². The Morgan fingerprint density at radius 2 is 1.67 bits per heavy atom. The maximum Gasteiger partial charge on any atom is 0.123 e. The number of benzene rings is 2. The molecule has 0 saturated carbocycles. The summed E-state index contributed by atoms with van der Waals surface area (Å²) in [5.74, 6) is 0.452. The molecule has 0 unspecified atom stereocenters. The molecular weight excluding hydrogens is 188 g/mol. The molecule has 2 aromatic rings. The Hall–Kier alpha value is -1.96. The van der Waals surface area contributed by atoms with E-state index in [0.717, 1.165) is 16.7 Å². The normalized spacial score (nSPS) is 10.2. The van der Waals surface area contributed by atoms with Gasteiger partial charge in [-0.2, -0.15) is 0 Å². The summed E-state index contributed by atoms with van der Waals surface area (Å²) in [5.41, 5.74) is 2.53. The van der Waals surface area contributed by atoms with Crippen LogP contribution in [0.15, 0.2) is 36.4 Å². The molecule has 2 N–H and O–H groups in total. The maximum absolute atomic E-state index is 9.73. The SMILES string of the molecule is Cc1[c]ccc(O)c1-c1ccc(O)cc1. The zero-order valence-corrected chi connectivity index (χ0v) is 8.36. The monoisotopic (exact) mass is 199 g/mol. The second kappa shape index (κ2) is 3.65. The molecule has 75 valence electrons. The fourth-order valence-electron chi connectivity index (χ4n) is 1.59. The van der Waals surface area contributed by atoms with Crippen LogP contribution in [-0.2, 0) is 0 Å². The third-order valence-corrected chi connectivity index (χ3v) is 2.33. The van der Waals surface area contributed by atoms with Gasteiger partial charge in [0.05, 0.1) is 0 Å². The third-order valence-electron chi connectivity index (χ3n) is 2.33. The van der Waals surface area contributed by atoms with Crippen molar-refractivity contribution in [3.63, 3.8) is 0 Å². The van der Waals surface area contributed by atoms with Gasteiger partial charge in [0.1, 0.15) is 11.5 Å². The van der Waals surface area contributed by atoms with E-state index in [2.05, 4.69) is 6.07 Å². The van der Waals surface area contributed by atoms with Crippen molar-refractivity contribution in [1.29, 1.82) is 0 Å². The van der Waals surface area contributed by atoms with E-state index in [1.807, 2.05) is 6.92 Å². The summed E-state index contributed by atoms with van der Waals surface area (Å²) in [4.78, 5) is 0. The molecule has 0 atom stereocenters. The lowest BCUT2D eigenvalue weighted by atomic mass is 9.99. The van der Waals surface area contributed by atoms with Crippen molar-refractivity contribution in [2.24, 2.45) is 0 Å². The zero-order chi connectivity index (χ0) is 10.8. The first-order valence-electron chi connectivity index (χ1n) is 4.68. The highest BCUT2D eigenvalue weighted by atomic mass is 16.3. The highest BCUT2D eigenvalue weighted by Gasteiger charge is 2.06. The van der Waals surface area contributed by atoms with Gasteiger partial charge in [-0.1, -0.05) is 18.2 Å². The molecule has 0 aliphatic carbocycles. The Bertz CT molecular complexity index is 452. The highest BCUT2D eigenvalue weighted by Crippen LogP contribution is 2.32. The highest BCUT2D eigenvalue weighted by molar-refractivity contribution is 5.73. The van der Waals surface area contributed by atoms with Crippen LogP contribution < -0.4 is 0 Å². The summed E-state index contributed by atoms with van der Waals surface area (Å²) in [5, 5.41) is 18.9. The van der Waals surface area contributed by atoms with Gasteiger partial charge < -0.3 is 10.2 Å². The number of phenols is 2. The second-order valence-corrected chi connectivity index (χ2v) is 3.41. The van der Waals surface area contributed by atoms with Crippen molar-refractivity contribution >= 4 is 0 Å². The van der Waals surface area contributed by atoms with Crippen molar-refractivity contribution in [2.75, 3.05) is 0 Å². The topological polar surface area (TPSA) is 40.5 Å². The van der Waals surface area contributed by atoms with Crippen LogP contribution in [-0.4, -0.2) is 10.2 Å². The van der Waals surface area contributed by atoms with E-state index in [-0.39, 0.29) is 11.5 Å². The minimum Gasteiger partial charge on any atom is -0.508 e. The fourth-order valence-corrected chi connectivity index (χ4v) is 1.59. The maximum atomic E-state index is 9.73. The molecule has 0 amide bonds. The van der Waals surface area contributed by atoms with E-state index in [4.69, 9.17) is 0 Å². The van der Waals surface area contributed by atoms with Crippen LogP contribution >= 0.6 is 0 Å². The van der Waals surface area contributed by atoms with E-state index < -0.39 is 0 Å². The predicted molar refractivity (Wildman–Crippen MR) is 58.8 cm³/mol. The minimum atomic E-state index is 0.218. The van der Waals surface area contributed by atoms with Crippen LogP contribution in [0, 0.1) is 13.0 Å². The molecule has 2 nitrogen and oxygen atoms in total. The smallest absolute Gasteiger partial charge is 0.123 e. The average Bonchev–Trinajstić information content (AvgIpc) is 2.20. The molecule has 0 aromatic heterocycles. The first-order valence-corrected chi connectivity index (χ1v) is 4.68. The molecule has 0 bridgehead atoms. The molecule has 0 heterocycles. The third kappa shape index (κ3) is 1.79. The number of hydrogen-bond donors (Lipinski definition) is 2. The van der Waals surface area contributed by atoms with Crippen LogP contribution in [0.1, 0.15) is 5.56 Å². The molecule has 0 fully saturated rings. The van der Waals surface area contributed by atoms with Crippen LogP contribution in [0.5, 0.6) is 11.5 Å². The number of aryl methyl sites for hydroxylation is 1. The average molecular weight is 199 g/mol. The van der Waals surface area contributed by atoms with E-state index in [1.54, 1.807) is 36.4 Å². The fraction of sp³-hybridized carbons (Fsp3) is 0.0769. The molecule has 2 heteroatoms. The van der Waals surface area contributed by atoms with Gasteiger partial charge in [0.15, 0.2) is 0 Å². The zero-order valence-electron chi connectivity index (χ0n) is 8.36. The van der Waals surface area contributed by atoms with Crippen LogP contribution in [0.2, 0.25) is 0 Å². The van der Waals surface area contributed by atoms with Gasteiger partial charge in [-0.05, 0) is 42.3 Å². The Labute approximate surface area is 88.4 Å². The number of hydrogen-bond acceptors (Lipinski definition) is 2. The standard InChI is InChI=1S/C13H11O2/c1-9-3-2-4-12(15)13(9)10-5-7-11(14)8-6-10/h2,4-8,14-15H,1H3. The number of aromatic hydroxyl groups is 2. The van der Waals surface area contributed by atoms with Gasteiger partial charge in [-0.25, -0.2) is 0 Å². The summed E-state index contributed by atoms with van der Waals surface area (Å²) >= 11 is 0. The lowest BCUT2D eigenvalue weighted by molar-refractivity contribution is 0.474. The van der Waals surface area contributed by atoms with E-state index in [1.165, 1.54) is 0 Å². The Kier molecular flexibility index (Phi) is 2.34. The van der Waals surface area contributed by atoms with Crippen molar-refractivity contribution in [2.45, 2.75) is 6.92 Å². The van der Waals surface area contributed by atoms with Gasteiger partial charge in [-0.15, -0.1) is 0 Å². The largest absolute Gasteiger partial charge is 0.508 e. The Morgan fingerprint density at radius 1 is 1.00 bits per heavy atom. The lowest BCUT2D eigenvalue weighted by Gasteiger charge is -2.07. The predicted octanol–water partition coefficient (Wildman–Crippen LogP) is 2.87. The van der Waals surface area contributed by atoms with Gasteiger partial charge in [0.25, 0.3) is 0 Å². The molecule has 2 aromatic carbocycles. The van der Waals surface area contributed by atoms with Gasteiger partial charge in [0.2, 0.25) is 0 Å². The summed E-state index contributed by atoms with van der Waals surface area (Å²) in [7, 11) is 0. The summed E-state index contributed by atoms with van der Waals surface area (Å²) in [6.07, 6.45) is 0. The summed E-state index contributed by atoms with van der Waals surface area (Å²) in [6, 6.07) is 13.1. The first kappa shape index (κ1) is 9.59. The number of rotatable bonds is 1. The lowest BCUT2D eigenvalue weighted by Crippen LogP contribution is -1.83. The van der Waals surface area contributed by atoms with Crippen LogP contribution in [0.3, 0.4) is 0 Å². The molecular formula is C13H11O2. The van der Waals surface area contributed by atoms with E-state index in [9.17, 15) is 10.2 Å². The molecule has 0 saturated heterocycles. The summed E-state index contributed by atoms with van der Waals surface area (Å²) in [6.45, 7) is 1.89. The van der Waals surface area contributed by atoms with Crippen LogP contribution in [0.4, 0.5) is 0 Å². The first-order chi connectivity index (χ1) is 7.18. The van der Waals surface area contributed by atoms with Crippen LogP contribution in [0.25, 0.3) is 11.1 Å². The molecule has 0 aliphatic rings.